The number of carbonyl (C=O) groups excluding carboxylic acids is 1. The number of benzene rings is 2. The average molecular weight is 387 g/mol. The Morgan fingerprint density at radius 3 is 2.26 bits per heavy atom. The number of ether oxygens (including phenoxy) is 1. The summed E-state index contributed by atoms with van der Waals surface area (Å²) in [6, 6.07) is 14.2. The summed E-state index contributed by atoms with van der Waals surface area (Å²) in [7, 11) is -2.04. The van der Waals surface area contributed by atoms with Crippen LogP contribution < -0.4 is 10.1 Å². The number of nitrogens with zero attached hydrogens (tertiary/aromatic N) is 2. The largest absolute Gasteiger partial charge is 0.484 e. The lowest BCUT2D eigenvalue weighted by atomic mass is 10.2. The molecule has 0 spiro atoms. The molecule has 7 nitrogen and oxygen atoms in total. The van der Waals surface area contributed by atoms with Crippen molar-refractivity contribution in [3.05, 3.63) is 54.1 Å². The second-order valence-electron chi connectivity index (χ2n) is 6.11. The first kappa shape index (κ1) is 20.4. The maximum atomic E-state index is 12.4. The number of amides is 1. The first-order valence-corrected chi connectivity index (χ1v) is 9.69. The molecule has 0 aromatic heterocycles. The van der Waals surface area contributed by atoms with Gasteiger partial charge in [-0.15, -0.1) is 0 Å². The normalized spacial score (nSPS) is 11.3. The van der Waals surface area contributed by atoms with E-state index in [0.29, 0.717) is 17.0 Å². The summed E-state index contributed by atoms with van der Waals surface area (Å²) < 4.78 is 31.5. The summed E-state index contributed by atoms with van der Waals surface area (Å²) in [4.78, 5) is 12.1. The van der Waals surface area contributed by atoms with E-state index in [1.807, 2.05) is 6.07 Å². The van der Waals surface area contributed by atoms with Crippen LogP contribution in [0.5, 0.6) is 5.75 Å². The lowest BCUT2D eigenvalue weighted by Crippen LogP contribution is -2.33. The molecule has 0 heterocycles. The highest BCUT2D eigenvalue weighted by Gasteiger charge is 2.22. The lowest BCUT2D eigenvalue weighted by molar-refractivity contribution is -0.118. The zero-order valence-electron chi connectivity index (χ0n) is 15.3. The molecule has 0 saturated heterocycles. The predicted molar refractivity (Wildman–Crippen MR) is 102 cm³/mol. The third-order valence-corrected chi connectivity index (χ3v) is 5.94. The summed E-state index contributed by atoms with van der Waals surface area (Å²) in [6.07, 6.45) is 0. The van der Waals surface area contributed by atoms with Crippen molar-refractivity contribution in [2.75, 3.05) is 19.0 Å². The smallest absolute Gasteiger partial charge is 0.262 e. The molecule has 0 fully saturated rings. The van der Waals surface area contributed by atoms with Crippen molar-refractivity contribution >= 4 is 21.6 Å². The highest BCUT2D eigenvalue weighted by atomic mass is 32.2. The Bertz CT molecular complexity index is 930. The summed E-state index contributed by atoms with van der Waals surface area (Å²) in [6.45, 7) is 3.38. The van der Waals surface area contributed by atoms with Crippen molar-refractivity contribution in [2.24, 2.45) is 0 Å². The molecule has 8 heteroatoms. The maximum Gasteiger partial charge on any atom is 0.262 e. The Balaban J connectivity index is 1.95. The van der Waals surface area contributed by atoms with Gasteiger partial charge in [0.25, 0.3) is 5.91 Å². The summed E-state index contributed by atoms with van der Waals surface area (Å²) in [5.74, 6) is 0.0941. The van der Waals surface area contributed by atoms with Crippen molar-refractivity contribution in [2.45, 2.75) is 24.8 Å². The first-order valence-electron chi connectivity index (χ1n) is 8.25. The Morgan fingerprint density at radius 1 is 1.15 bits per heavy atom. The zero-order chi connectivity index (χ0) is 20.0. The molecular weight excluding hydrogens is 366 g/mol. The van der Waals surface area contributed by atoms with E-state index in [9.17, 15) is 13.2 Å². The fourth-order valence-corrected chi connectivity index (χ4v) is 3.49. The minimum Gasteiger partial charge on any atom is -0.484 e. The van der Waals surface area contributed by atoms with Gasteiger partial charge in [0.15, 0.2) is 6.61 Å². The van der Waals surface area contributed by atoms with Crippen LogP contribution in [-0.4, -0.2) is 38.3 Å². The number of sulfonamides is 1. The van der Waals surface area contributed by atoms with Crippen molar-refractivity contribution in [1.82, 2.24) is 4.31 Å². The molecule has 0 bridgehead atoms. The summed E-state index contributed by atoms with van der Waals surface area (Å²) >= 11 is 0. The molecule has 1 amide bonds. The Labute approximate surface area is 159 Å². The van der Waals surface area contributed by atoms with Gasteiger partial charge in [-0.2, -0.15) is 9.57 Å². The number of nitriles is 1. The number of carbonyl (C=O) groups is 1. The predicted octanol–water partition coefficient (Wildman–Crippen LogP) is 2.60. The highest BCUT2D eigenvalue weighted by Crippen LogP contribution is 2.19. The number of anilines is 1. The van der Waals surface area contributed by atoms with Crippen LogP contribution >= 0.6 is 0 Å². The number of hydrogen-bond acceptors (Lipinski definition) is 5. The van der Waals surface area contributed by atoms with Crippen LogP contribution in [0.15, 0.2) is 53.4 Å². The summed E-state index contributed by atoms with van der Waals surface area (Å²) in [5, 5.41) is 11.4. The molecule has 2 aromatic carbocycles. The van der Waals surface area contributed by atoms with Crippen molar-refractivity contribution in [3.8, 4) is 11.8 Å². The molecule has 1 N–H and O–H groups in total. The third kappa shape index (κ3) is 5.29. The Hall–Kier alpha value is -2.89. The SMILES string of the molecule is CC(C)N(C)S(=O)(=O)c1ccc(NC(=O)COc2ccc(C#N)cc2)cc1. The molecule has 0 unspecified atom stereocenters. The number of hydrogen-bond donors (Lipinski definition) is 1. The lowest BCUT2D eigenvalue weighted by Gasteiger charge is -2.21. The monoisotopic (exact) mass is 387 g/mol. The van der Waals surface area contributed by atoms with E-state index in [2.05, 4.69) is 5.32 Å². The summed E-state index contributed by atoms with van der Waals surface area (Å²) in [5.41, 5.74) is 0.972. The molecule has 0 saturated carbocycles. The van der Waals surface area contributed by atoms with Gasteiger partial charge >= 0.3 is 0 Å². The van der Waals surface area contributed by atoms with Crippen LogP contribution in [0.3, 0.4) is 0 Å². The number of rotatable bonds is 7. The van der Waals surface area contributed by atoms with Crippen LogP contribution in [0.4, 0.5) is 5.69 Å². The van der Waals surface area contributed by atoms with Gasteiger partial charge < -0.3 is 10.1 Å². The van der Waals surface area contributed by atoms with Gasteiger partial charge in [0, 0.05) is 18.8 Å². The van der Waals surface area contributed by atoms with E-state index in [0.717, 1.165) is 0 Å². The third-order valence-electron chi connectivity index (χ3n) is 3.90. The Morgan fingerprint density at radius 2 is 1.74 bits per heavy atom. The molecular formula is C19H21N3O4S. The highest BCUT2D eigenvalue weighted by molar-refractivity contribution is 7.89. The van der Waals surface area contributed by atoms with E-state index < -0.39 is 10.0 Å². The first-order chi connectivity index (χ1) is 12.7. The fourth-order valence-electron chi connectivity index (χ4n) is 2.13. The minimum atomic E-state index is -3.56. The van der Waals surface area contributed by atoms with Crippen LogP contribution in [-0.2, 0) is 14.8 Å². The molecule has 2 aromatic rings. The second kappa shape index (κ2) is 8.66. The van der Waals surface area contributed by atoms with E-state index in [4.69, 9.17) is 10.00 Å². The Kier molecular flexibility index (Phi) is 6.55. The van der Waals surface area contributed by atoms with Gasteiger partial charge in [-0.3, -0.25) is 4.79 Å². The molecule has 0 aliphatic carbocycles. The molecule has 27 heavy (non-hydrogen) atoms. The second-order valence-corrected chi connectivity index (χ2v) is 8.11. The van der Waals surface area contributed by atoms with Crippen LogP contribution in [0.2, 0.25) is 0 Å². The van der Waals surface area contributed by atoms with Gasteiger partial charge in [-0.05, 0) is 62.4 Å². The van der Waals surface area contributed by atoms with Gasteiger partial charge in [-0.1, -0.05) is 0 Å². The van der Waals surface area contributed by atoms with Gasteiger partial charge in [0.05, 0.1) is 16.5 Å². The van der Waals surface area contributed by atoms with Crippen LogP contribution in [0, 0.1) is 11.3 Å². The van der Waals surface area contributed by atoms with Gasteiger partial charge in [0.1, 0.15) is 5.75 Å². The van der Waals surface area contributed by atoms with E-state index in [1.165, 1.54) is 35.6 Å². The average Bonchev–Trinajstić information content (AvgIpc) is 2.66. The molecule has 142 valence electrons. The van der Waals surface area contributed by atoms with E-state index in [1.54, 1.807) is 38.1 Å². The van der Waals surface area contributed by atoms with Crippen molar-refractivity contribution in [1.29, 1.82) is 5.26 Å². The standard InChI is InChI=1S/C19H21N3O4S/c1-14(2)22(3)27(24,25)18-10-6-16(7-11-18)21-19(23)13-26-17-8-4-15(12-20)5-9-17/h4-11,14H,13H2,1-3H3,(H,21,23). The van der Waals surface area contributed by atoms with Gasteiger partial charge in [0.2, 0.25) is 10.0 Å². The van der Waals surface area contributed by atoms with E-state index in [-0.39, 0.29) is 23.5 Å². The van der Waals surface area contributed by atoms with Crippen LogP contribution in [0.1, 0.15) is 19.4 Å². The maximum absolute atomic E-state index is 12.4. The molecule has 0 radical (unpaired) electrons. The van der Waals surface area contributed by atoms with Crippen LogP contribution in [0.25, 0.3) is 0 Å². The quantitative estimate of drug-likeness (QED) is 0.787. The topological polar surface area (TPSA) is 99.5 Å². The van der Waals surface area contributed by atoms with Gasteiger partial charge in [-0.25, -0.2) is 8.42 Å². The minimum absolute atomic E-state index is 0.158. The number of nitrogens with one attached hydrogen (secondary N) is 1. The van der Waals surface area contributed by atoms with Crippen molar-refractivity contribution < 1.29 is 17.9 Å². The molecule has 0 atom stereocenters. The zero-order valence-corrected chi connectivity index (χ0v) is 16.2. The molecule has 0 aliphatic heterocycles. The molecule has 2 rings (SSSR count). The van der Waals surface area contributed by atoms with E-state index >= 15 is 0 Å². The fraction of sp³-hybridized carbons (Fsp3) is 0.263. The van der Waals surface area contributed by atoms with Crippen molar-refractivity contribution in [3.63, 3.8) is 0 Å². The molecule has 0 aliphatic rings.